The van der Waals surface area contributed by atoms with E-state index >= 15 is 0 Å². The molecule has 1 aromatic heterocycles. The Morgan fingerprint density at radius 3 is 2.67 bits per heavy atom. The van der Waals surface area contributed by atoms with Crippen molar-refractivity contribution in [3.05, 3.63) is 17.5 Å². The van der Waals surface area contributed by atoms with Crippen LogP contribution < -0.4 is 15.5 Å². The summed E-state index contributed by atoms with van der Waals surface area (Å²) in [4.78, 5) is 7.10. The van der Waals surface area contributed by atoms with Gasteiger partial charge in [0.15, 0.2) is 5.96 Å². The molecule has 7 heteroatoms. The van der Waals surface area contributed by atoms with Crippen molar-refractivity contribution in [2.75, 3.05) is 37.7 Å². The zero-order chi connectivity index (χ0) is 16.7. The Morgan fingerprint density at radius 2 is 2.12 bits per heavy atom. The number of halogens is 1. The molecule has 1 fully saturated rings. The molecular formula is C17H31IN4OS. The second kappa shape index (κ2) is 10.5. The Hall–Kier alpha value is -0.540. The lowest BCUT2D eigenvalue weighted by Gasteiger charge is -2.33. The van der Waals surface area contributed by atoms with Crippen molar-refractivity contribution in [1.29, 1.82) is 0 Å². The average molecular weight is 466 g/mol. The lowest BCUT2D eigenvalue weighted by molar-refractivity contribution is 0.167. The predicted octanol–water partition coefficient (Wildman–Crippen LogP) is 2.91. The number of aliphatic imine (C=N–C) groups is 1. The van der Waals surface area contributed by atoms with E-state index in [-0.39, 0.29) is 36.0 Å². The van der Waals surface area contributed by atoms with Gasteiger partial charge in [-0.25, -0.2) is 0 Å². The molecule has 0 radical (unpaired) electrons. The van der Waals surface area contributed by atoms with Gasteiger partial charge in [0.25, 0.3) is 0 Å². The normalized spacial score (nSPS) is 16.7. The summed E-state index contributed by atoms with van der Waals surface area (Å²) in [6, 6.07) is 4.77. The van der Waals surface area contributed by atoms with Gasteiger partial charge in [0.1, 0.15) is 0 Å². The Balaban J connectivity index is 0.00000288. The van der Waals surface area contributed by atoms with Crippen LogP contribution in [0.25, 0.3) is 0 Å². The van der Waals surface area contributed by atoms with E-state index in [9.17, 15) is 5.11 Å². The molecule has 0 saturated carbocycles. The Labute approximate surface area is 167 Å². The van der Waals surface area contributed by atoms with Crippen molar-refractivity contribution < 1.29 is 5.11 Å². The molecule has 0 unspecified atom stereocenters. The van der Waals surface area contributed by atoms with Crippen LogP contribution >= 0.6 is 35.3 Å². The zero-order valence-electron chi connectivity index (χ0n) is 14.9. The van der Waals surface area contributed by atoms with Crippen LogP contribution in [0.4, 0.5) is 5.00 Å². The minimum Gasteiger partial charge on any atom is -0.396 e. The molecule has 0 spiro atoms. The fourth-order valence-electron chi connectivity index (χ4n) is 2.55. The van der Waals surface area contributed by atoms with Crippen LogP contribution in [0.15, 0.2) is 22.5 Å². The van der Waals surface area contributed by atoms with E-state index < -0.39 is 0 Å². The number of aliphatic hydroxyl groups excluding tert-OH is 1. The van der Waals surface area contributed by atoms with Crippen molar-refractivity contribution in [1.82, 2.24) is 10.6 Å². The fourth-order valence-corrected chi connectivity index (χ4v) is 3.34. The maximum atomic E-state index is 9.36. The molecule has 0 aliphatic carbocycles. The van der Waals surface area contributed by atoms with Crippen LogP contribution in [0.5, 0.6) is 0 Å². The number of hydrogen-bond donors (Lipinski definition) is 3. The maximum absolute atomic E-state index is 9.36. The van der Waals surface area contributed by atoms with Gasteiger partial charge in [-0.2, -0.15) is 0 Å². The van der Waals surface area contributed by atoms with Crippen LogP contribution in [0.1, 0.15) is 33.6 Å². The molecule has 24 heavy (non-hydrogen) atoms. The Bertz CT molecular complexity index is 485. The molecule has 138 valence electrons. The number of nitrogens with one attached hydrogen (secondary N) is 2. The minimum absolute atomic E-state index is 0. The first kappa shape index (κ1) is 21.5. The Kier molecular flexibility index (Phi) is 9.36. The van der Waals surface area contributed by atoms with Gasteiger partial charge in [-0.05, 0) is 37.3 Å². The summed E-state index contributed by atoms with van der Waals surface area (Å²) in [5.41, 5.74) is -0.176. The molecule has 0 atom stereocenters. The minimum atomic E-state index is -0.176. The lowest BCUT2D eigenvalue weighted by atomic mass is 9.95. The smallest absolute Gasteiger partial charge is 0.191 e. The van der Waals surface area contributed by atoms with Crippen molar-refractivity contribution in [3.63, 3.8) is 0 Å². The van der Waals surface area contributed by atoms with Gasteiger partial charge < -0.3 is 20.6 Å². The third-order valence-electron chi connectivity index (χ3n) is 4.09. The van der Waals surface area contributed by atoms with E-state index in [0.717, 1.165) is 38.4 Å². The van der Waals surface area contributed by atoms with Gasteiger partial charge in [-0.3, -0.25) is 4.99 Å². The quantitative estimate of drug-likeness (QED) is 0.343. The van der Waals surface area contributed by atoms with E-state index in [1.807, 2.05) is 25.2 Å². The summed E-state index contributed by atoms with van der Waals surface area (Å²) in [5, 5.41) is 19.7. The van der Waals surface area contributed by atoms with E-state index in [1.165, 1.54) is 5.00 Å². The molecule has 0 bridgehead atoms. The van der Waals surface area contributed by atoms with E-state index in [2.05, 4.69) is 45.0 Å². The molecular weight excluding hydrogens is 435 g/mol. The van der Waals surface area contributed by atoms with Crippen molar-refractivity contribution in [2.45, 2.75) is 39.7 Å². The van der Waals surface area contributed by atoms with Crippen LogP contribution in [0.3, 0.4) is 0 Å². The third-order valence-corrected chi connectivity index (χ3v) is 5.02. The monoisotopic (exact) mass is 466 g/mol. The predicted molar refractivity (Wildman–Crippen MR) is 115 cm³/mol. The van der Waals surface area contributed by atoms with Crippen molar-refractivity contribution >= 4 is 46.3 Å². The topological polar surface area (TPSA) is 59.9 Å². The van der Waals surface area contributed by atoms with Gasteiger partial charge in [0.2, 0.25) is 0 Å². The number of anilines is 1. The van der Waals surface area contributed by atoms with Gasteiger partial charge in [0.05, 0.1) is 11.5 Å². The lowest BCUT2D eigenvalue weighted by Crippen LogP contribution is -2.49. The second-order valence-corrected chi connectivity index (χ2v) is 7.80. The number of aliphatic hydroxyl groups is 1. The van der Waals surface area contributed by atoms with Gasteiger partial charge in [0, 0.05) is 37.7 Å². The number of thiophene rings is 1. The van der Waals surface area contributed by atoms with E-state index in [0.29, 0.717) is 12.6 Å². The molecule has 5 nitrogen and oxygen atoms in total. The molecule has 2 heterocycles. The molecule has 0 amide bonds. The Morgan fingerprint density at radius 1 is 1.42 bits per heavy atom. The molecule has 1 aliphatic rings. The highest BCUT2D eigenvalue weighted by Crippen LogP contribution is 2.24. The van der Waals surface area contributed by atoms with Crippen LogP contribution in [0.2, 0.25) is 0 Å². The standard InChI is InChI=1S/C17H30N4OS.HI/c1-4-18-16(19-12-17(2,3)13-22)20-14-7-9-21(10-8-14)15-6-5-11-23-15;/h5-6,11,14,22H,4,7-10,12-13H2,1-3H3,(H2,18,19,20);1H. The van der Waals surface area contributed by atoms with Crippen LogP contribution in [-0.2, 0) is 0 Å². The fraction of sp³-hybridized carbons (Fsp3) is 0.706. The molecule has 1 saturated heterocycles. The first-order chi connectivity index (χ1) is 11.0. The number of nitrogens with zero attached hydrogens (tertiary/aromatic N) is 2. The summed E-state index contributed by atoms with van der Waals surface area (Å²) in [6.45, 7) is 9.91. The molecule has 3 N–H and O–H groups in total. The van der Waals surface area contributed by atoms with Crippen LogP contribution in [-0.4, -0.2) is 49.9 Å². The molecule has 1 aromatic rings. The SMILES string of the molecule is CCNC(=NCC(C)(C)CO)NC1CCN(c2cccs2)CC1.I. The average Bonchev–Trinajstić information content (AvgIpc) is 3.08. The van der Waals surface area contributed by atoms with Gasteiger partial charge in [-0.1, -0.05) is 13.8 Å². The highest BCUT2D eigenvalue weighted by atomic mass is 127. The highest BCUT2D eigenvalue weighted by molar-refractivity contribution is 14.0. The first-order valence-corrected chi connectivity index (χ1v) is 9.36. The summed E-state index contributed by atoms with van der Waals surface area (Å²) < 4.78 is 0. The van der Waals surface area contributed by atoms with E-state index in [4.69, 9.17) is 0 Å². The van der Waals surface area contributed by atoms with Crippen molar-refractivity contribution in [2.24, 2.45) is 10.4 Å². The number of rotatable bonds is 6. The molecule has 2 rings (SSSR count). The van der Waals surface area contributed by atoms with Crippen molar-refractivity contribution in [3.8, 4) is 0 Å². The summed E-state index contributed by atoms with van der Waals surface area (Å²) in [7, 11) is 0. The third kappa shape index (κ3) is 6.76. The zero-order valence-corrected chi connectivity index (χ0v) is 18.1. The maximum Gasteiger partial charge on any atom is 0.191 e. The second-order valence-electron chi connectivity index (χ2n) is 6.87. The summed E-state index contributed by atoms with van der Waals surface area (Å²) >= 11 is 1.81. The number of guanidine groups is 1. The van der Waals surface area contributed by atoms with Gasteiger partial charge >= 0.3 is 0 Å². The number of piperidine rings is 1. The molecule has 1 aliphatic heterocycles. The highest BCUT2D eigenvalue weighted by Gasteiger charge is 2.21. The van der Waals surface area contributed by atoms with Gasteiger partial charge in [-0.15, -0.1) is 35.3 Å². The first-order valence-electron chi connectivity index (χ1n) is 8.48. The molecule has 0 aromatic carbocycles. The largest absolute Gasteiger partial charge is 0.396 e. The number of hydrogen-bond acceptors (Lipinski definition) is 4. The summed E-state index contributed by atoms with van der Waals surface area (Å²) in [5.74, 6) is 0.864. The van der Waals surface area contributed by atoms with E-state index in [1.54, 1.807) is 0 Å². The summed E-state index contributed by atoms with van der Waals surface area (Å²) in [6.07, 6.45) is 2.23. The van der Waals surface area contributed by atoms with Crippen LogP contribution in [0, 0.1) is 5.41 Å².